The van der Waals surface area contributed by atoms with Gasteiger partial charge >= 0.3 is 5.76 Å². The van der Waals surface area contributed by atoms with Crippen molar-refractivity contribution < 1.29 is 9.26 Å². The minimum absolute atomic E-state index is 0.220. The van der Waals surface area contributed by atoms with E-state index in [0.29, 0.717) is 5.82 Å². The van der Waals surface area contributed by atoms with Crippen LogP contribution in [0.15, 0.2) is 56.7 Å². The molecule has 1 unspecified atom stereocenters. The van der Waals surface area contributed by atoms with Gasteiger partial charge in [0.1, 0.15) is 11.2 Å². The van der Waals surface area contributed by atoms with E-state index in [0.717, 1.165) is 37.2 Å². The third-order valence-corrected chi connectivity index (χ3v) is 6.42. The number of ether oxygens (including phenoxy) is 1. The number of nitrogens with one attached hydrogen (secondary N) is 2. The number of thioether (sulfide) groups is 1. The van der Waals surface area contributed by atoms with Gasteiger partial charge < -0.3 is 10.1 Å². The Bertz CT molecular complexity index is 1030. The Kier molecular flexibility index (Phi) is 6.44. The lowest BCUT2D eigenvalue weighted by molar-refractivity contribution is 0.272. The number of H-pyrrole nitrogens is 1. The Labute approximate surface area is 179 Å². The predicted molar refractivity (Wildman–Crippen MR) is 119 cm³/mol. The standard InChI is InChI=1S/C22H26N4O3S/c1-3-4-12-26(21-23-18-10-9-17(28-2)14-19(18)30-21)13-11-15-5-7-16(8-6-15)20-24-22(27)29-25-20/h5-10,14,21,23H,3-4,11-13H2,1-2H3,(H,24,25,27). The molecule has 1 aliphatic heterocycles. The molecular weight excluding hydrogens is 400 g/mol. The molecule has 2 heterocycles. The largest absolute Gasteiger partial charge is 0.497 e. The van der Waals surface area contributed by atoms with Gasteiger partial charge in [-0.05, 0) is 36.6 Å². The Balaban J connectivity index is 1.40. The second-order valence-corrected chi connectivity index (χ2v) is 8.38. The average Bonchev–Trinajstić information content (AvgIpc) is 3.39. The zero-order valence-electron chi connectivity index (χ0n) is 17.2. The number of anilines is 1. The monoisotopic (exact) mass is 426 g/mol. The molecule has 0 aliphatic carbocycles. The molecule has 30 heavy (non-hydrogen) atoms. The second kappa shape index (κ2) is 9.40. The quantitative estimate of drug-likeness (QED) is 0.531. The van der Waals surface area contributed by atoms with E-state index in [2.05, 4.69) is 56.1 Å². The molecule has 0 saturated heterocycles. The van der Waals surface area contributed by atoms with Gasteiger partial charge in [-0.15, -0.1) is 0 Å². The van der Waals surface area contributed by atoms with E-state index in [-0.39, 0.29) is 5.50 Å². The molecule has 0 fully saturated rings. The highest BCUT2D eigenvalue weighted by Gasteiger charge is 2.27. The van der Waals surface area contributed by atoms with E-state index in [4.69, 9.17) is 4.74 Å². The summed E-state index contributed by atoms with van der Waals surface area (Å²) in [6, 6.07) is 14.3. The molecule has 0 radical (unpaired) electrons. The zero-order chi connectivity index (χ0) is 20.9. The molecule has 0 bridgehead atoms. The molecule has 2 N–H and O–H groups in total. The molecule has 2 aromatic carbocycles. The first kappa shape index (κ1) is 20.6. The molecule has 0 amide bonds. The Morgan fingerprint density at radius 2 is 2.03 bits per heavy atom. The number of benzene rings is 2. The van der Waals surface area contributed by atoms with Gasteiger partial charge in [0.25, 0.3) is 0 Å². The van der Waals surface area contributed by atoms with Gasteiger partial charge in [-0.25, -0.2) is 4.79 Å². The van der Waals surface area contributed by atoms with Gasteiger partial charge in [0.05, 0.1) is 12.8 Å². The number of hydrogen-bond acceptors (Lipinski definition) is 7. The SMILES string of the molecule is CCCCN(CCc1ccc(-c2noc(=O)[nH]2)cc1)C1Nc2ccc(OC)cc2S1. The van der Waals surface area contributed by atoms with Crippen molar-refractivity contribution in [3.63, 3.8) is 0 Å². The summed E-state index contributed by atoms with van der Waals surface area (Å²) in [6.45, 7) is 4.22. The van der Waals surface area contributed by atoms with Crippen molar-refractivity contribution in [2.24, 2.45) is 0 Å². The van der Waals surface area contributed by atoms with Crippen LogP contribution < -0.4 is 15.8 Å². The molecule has 3 aromatic rings. The summed E-state index contributed by atoms with van der Waals surface area (Å²) in [4.78, 5) is 17.4. The molecule has 0 saturated carbocycles. The van der Waals surface area contributed by atoms with Gasteiger partial charge in [0.15, 0.2) is 5.82 Å². The van der Waals surface area contributed by atoms with Crippen molar-refractivity contribution >= 4 is 17.4 Å². The fourth-order valence-electron chi connectivity index (χ4n) is 3.46. The maximum atomic E-state index is 11.1. The lowest BCUT2D eigenvalue weighted by Gasteiger charge is -2.28. The number of hydrogen-bond donors (Lipinski definition) is 2. The summed E-state index contributed by atoms with van der Waals surface area (Å²) in [7, 11) is 1.70. The van der Waals surface area contributed by atoms with E-state index < -0.39 is 5.76 Å². The normalized spacial score (nSPS) is 15.2. The van der Waals surface area contributed by atoms with Gasteiger partial charge in [-0.2, -0.15) is 0 Å². The number of aromatic amines is 1. The second-order valence-electron chi connectivity index (χ2n) is 7.26. The number of aromatic nitrogens is 2. The number of methoxy groups -OCH3 is 1. The lowest BCUT2D eigenvalue weighted by atomic mass is 10.1. The highest BCUT2D eigenvalue weighted by atomic mass is 32.2. The number of unbranched alkanes of at least 4 members (excludes halogenated alkanes) is 1. The molecule has 0 spiro atoms. The molecule has 8 heteroatoms. The van der Waals surface area contributed by atoms with Crippen molar-refractivity contribution in [3.8, 4) is 17.1 Å². The summed E-state index contributed by atoms with van der Waals surface area (Å²) >= 11 is 1.84. The first-order valence-electron chi connectivity index (χ1n) is 10.2. The predicted octanol–water partition coefficient (Wildman–Crippen LogP) is 4.18. The van der Waals surface area contributed by atoms with Gasteiger partial charge in [-0.3, -0.25) is 14.4 Å². The Hall–Kier alpha value is -2.71. The zero-order valence-corrected chi connectivity index (χ0v) is 18.0. The smallest absolute Gasteiger partial charge is 0.439 e. The van der Waals surface area contributed by atoms with Crippen molar-refractivity contribution in [2.45, 2.75) is 36.6 Å². The van der Waals surface area contributed by atoms with Crippen LogP contribution in [0, 0.1) is 0 Å². The fourth-order valence-corrected chi connectivity index (χ4v) is 4.68. The van der Waals surface area contributed by atoms with Crippen LogP contribution in [0.3, 0.4) is 0 Å². The molecule has 4 rings (SSSR count). The van der Waals surface area contributed by atoms with E-state index in [9.17, 15) is 4.79 Å². The molecular formula is C22H26N4O3S. The van der Waals surface area contributed by atoms with E-state index in [1.54, 1.807) is 7.11 Å². The van der Waals surface area contributed by atoms with Crippen LogP contribution >= 0.6 is 11.8 Å². The average molecular weight is 427 g/mol. The number of fused-ring (bicyclic) bond motifs is 1. The van der Waals surface area contributed by atoms with Crippen LogP contribution in [0.2, 0.25) is 0 Å². The first-order valence-corrected chi connectivity index (χ1v) is 11.0. The first-order chi connectivity index (χ1) is 14.7. The van der Waals surface area contributed by atoms with Crippen LogP contribution in [0.1, 0.15) is 25.3 Å². The minimum Gasteiger partial charge on any atom is -0.497 e. The summed E-state index contributed by atoms with van der Waals surface area (Å²) in [5.41, 5.74) is 3.47. The number of rotatable bonds is 9. The summed E-state index contributed by atoms with van der Waals surface area (Å²) in [6.07, 6.45) is 3.27. The van der Waals surface area contributed by atoms with Gasteiger partial charge in [0.2, 0.25) is 0 Å². The number of nitrogens with zero attached hydrogens (tertiary/aromatic N) is 2. The fraction of sp³-hybridized carbons (Fsp3) is 0.364. The summed E-state index contributed by atoms with van der Waals surface area (Å²) in [5.74, 6) is 0.800. The minimum atomic E-state index is -0.541. The van der Waals surface area contributed by atoms with Crippen molar-refractivity contribution in [2.75, 3.05) is 25.5 Å². The summed E-state index contributed by atoms with van der Waals surface area (Å²) in [5, 5.41) is 7.38. The highest BCUT2D eigenvalue weighted by molar-refractivity contribution is 8.00. The molecule has 1 atom stereocenters. The van der Waals surface area contributed by atoms with Crippen LogP contribution in [-0.4, -0.2) is 40.7 Å². The maximum absolute atomic E-state index is 11.1. The molecule has 7 nitrogen and oxygen atoms in total. The third-order valence-electron chi connectivity index (χ3n) is 5.19. The Morgan fingerprint density at radius 3 is 2.73 bits per heavy atom. The van der Waals surface area contributed by atoms with E-state index in [1.807, 2.05) is 30.0 Å². The van der Waals surface area contributed by atoms with Gasteiger partial charge in [-0.1, -0.05) is 54.5 Å². The van der Waals surface area contributed by atoms with E-state index in [1.165, 1.54) is 22.6 Å². The highest BCUT2D eigenvalue weighted by Crippen LogP contribution is 2.41. The topological polar surface area (TPSA) is 83.4 Å². The van der Waals surface area contributed by atoms with Crippen LogP contribution in [-0.2, 0) is 6.42 Å². The van der Waals surface area contributed by atoms with Crippen molar-refractivity contribution in [1.29, 1.82) is 0 Å². The third kappa shape index (κ3) is 4.71. The Morgan fingerprint density at radius 1 is 1.20 bits per heavy atom. The van der Waals surface area contributed by atoms with Crippen LogP contribution in [0.25, 0.3) is 11.4 Å². The van der Waals surface area contributed by atoms with Gasteiger partial charge in [0, 0.05) is 23.5 Å². The van der Waals surface area contributed by atoms with E-state index >= 15 is 0 Å². The summed E-state index contributed by atoms with van der Waals surface area (Å²) < 4.78 is 9.94. The van der Waals surface area contributed by atoms with Crippen LogP contribution in [0.5, 0.6) is 5.75 Å². The maximum Gasteiger partial charge on any atom is 0.439 e. The van der Waals surface area contributed by atoms with Crippen molar-refractivity contribution in [3.05, 3.63) is 58.6 Å². The molecule has 1 aromatic heterocycles. The molecule has 1 aliphatic rings. The molecule has 158 valence electrons. The lowest BCUT2D eigenvalue weighted by Crippen LogP contribution is -2.38. The van der Waals surface area contributed by atoms with Crippen molar-refractivity contribution in [1.82, 2.24) is 15.0 Å². The van der Waals surface area contributed by atoms with Crippen LogP contribution in [0.4, 0.5) is 5.69 Å².